The van der Waals surface area contributed by atoms with Crippen LogP contribution in [0.5, 0.6) is 0 Å². The highest BCUT2D eigenvalue weighted by atomic mass is 16.7. The predicted octanol–water partition coefficient (Wildman–Crippen LogP) is 1.18. The molecule has 0 bridgehead atoms. The van der Waals surface area contributed by atoms with Crippen LogP contribution in [0.1, 0.15) is 111 Å². The van der Waals surface area contributed by atoms with E-state index < -0.39 is 97.0 Å². The first-order chi connectivity index (χ1) is 21.2. The molecule has 0 aromatic rings. The first-order valence-corrected chi connectivity index (χ1v) is 16.7. The second kappa shape index (κ2) is 18.9. The van der Waals surface area contributed by atoms with Gasteiger partial charge in [-0.15, -0.1) is 0 Å². The van der Waals surface area contributed by atoms with E-state index in [0.29, 0.717) is 19.3 Å². The number of hydrogen-bond donors (Lipinski definition) is 8. The maximum absolute atomic E-state index is 14.1. The molecular weight excluding hydrogens is 592 g/mol. The summed E-state index contributed by atoms with van der Waals surface area (Å²) in [6.45, 7) is 6.87. The summed E-state index contributed by atoms with van der Waals surface area (Å²) in [6.07, 6.45) is -11.6. The Balaban J connectivity index is 2.50. The number of ketones is 1. The number of aliphatic hydroxyl groups is 7. The van der Waals surface area contributed by atoms with Gasteiger partial charge in [0.05, 0.1) is 24.4 Å². The monoisotopic (exact) mass is 650 g/mol. The SMILES string of the molecule is CCCCCCCC(O)CC(=O)C(C(=O)O)(C(O)CCCCCCC)[C@@H]1O[C@@H](C)[C@H](O)[C@@H](O)[C@H]1OC1O[C@@H](C)[C@H](O)[C@@H](O)[C@H]1O. The first-order valence-electron chi connectivity index (χ1n) is 16.7. The molecule has 264 valence electrons. The second-order valence-electron chi connectivity index (χ2n) is 12.9. The van der Waals surface area contributed by atoms with Gasteiger partial charge in [0.1, 0.15) is 42.7 Å². The topological polar surface area (TPSA) is 224 Å². The number of aliphatic carboxylic acids is 1. The third-order valence-electron chi connectivity index (χ3n) is 9.36. The largest absolute Gasteiger partial charge is 0.480 e. The number of unbranched alkanes of at least 4 members (excludes halogenated alkanes) is 8. The van der Waals surface area contributed by atoms with Crippen LogP contribution in [-0.2, 0) is 23.8 Å². The molecule has 13 nitrogen and oxygen atoms in total. The lowest BCUT2D eigenvalue weighted by Gasteiger charge is -2.51. The van der Waals surface area contributed by atoms with Crippen molar-refractivity contribution in [3.8, 4) is 0 Å². The lowest BCUT2D eigenvalue weighted by atomic mass is 9.66. The molecule has 0 aromatic carbocycles. The lowest BCUT2D eigenvalue weighted by Crippen LogP contribution is -2.70. The van der Waals surface area contributed by atoms with Gasteiger partial charge in [0.25, 0.3) is 0 Å². The molecular formula is C32H58O13. The number of carboxylic acid groups (broad SMARTS) is 1. The number of ether oxygens (including phenoxy) is 3. The summed E-state index contributed by atoms with van der Waals surface area (Å²) < 4.78 is 17.3. The molecule has 2 fully saturated rings. The minimum absolute atomic E-state index is 0.112. The lowest BCUT2D eigenvalue weighted by molar-refractivity contribution is -0.343. The van der Waals surface area contributed by atoms with Crippen LogP contribution in [0, 0.1) is 5.41 Å². The van der Waals surface area contributed by atoms with E-state index >= 15 is 0 Å². The van der Waals surface area contributed by atoms with Crippen molar-refractivity contribution in [1.82, 2.24) is 0 Å². The van der Waals surface area contributed by atoms with Crippen LogP contribution < -0.4 is 0 Å². The third-order valence-corrected chi connectivity index (χ3v) is 9.36. The molecule has 0 spiro atoms. The van der Waals surface area contributed by atoms with E-state index in [1.165, 1.54) is 13.8 Å². The molecule has 0 aromatic heterocycles. The van der Waals surface area contributed by atoms with E-state index in [9.17, 15) is 50.4 Å². The Hall–Kier alpha value is -1.26. The van der Waals surface area contributed by atoms with Crippen molar-refractivity contribution in [3.05, 3.63) is 0 Å². The Kier molecular flexibility index (Phi) is 16.8. The van der Waals surface area contributed by atoms with Crippen LogP contribution in [0.15, 0.2) is 0 Å². The molecule has 13 heteroatoms. The average Bonchev–Trinajstić information content (AvgIpc) is 2.99. The maximum Gasteiger partial charge on any atom is 0.322 e. The van der Waals surface area contributed by atoms with E-state index in [0.717, 1.165) is 44.9 Å². The molecule has 13 atom stereocenters. The Bertz CT molecular complexity index is 889. The minimum Gasteiger partial charge on any atom is -0.480 e. The maximum atomic E-state index is 14.1. The van der Waals surface area contributed by atoms with Gasteiger partial charge in [-0.1, -0.05) is 78.1 Å². The van der Waals surface area contributed by atoms with Gasteiger partial charge in [-0.25, -0.2) is 0 Å². The number of carbonyl (C=O) groups is 2. The molecule has 2 heterocycles. The molecule has 8 N–H and O–H groups in total. The molecule has 0 amide bonds. The highest BCUT2D eigenvalue weighted by molar-refractivity contribution is 6.05. The molecule has 2 saturated heterocycles. The van der Waals surface area contributed by atoms with Crippen LogP contribution in [0.2, 0.25) is 0 Å². The second-order valence-corrected chi connectivity index (χ2v) is 12.9. The molecule has 0 aliphatic carbocycles. The third kappa shape index (κ3) is 9.88. The van der Waals surface area contributed by atoms with E-state index in [4.69, 9.17) is 14.2 Å². The van der Waals surface area contributed by atoms with Crippen molar-refractivity contribution in [2.75, 3.05) is 0 Å². The van der Waals surface area contributed by atoms with Crippen LogP contribution in [0.4, 0.5) is 0 Å². The smallest absolute Gasteiger partial charge is 0.322 e. The number of hydrogen-bond acceptors (Lipinski definition) is 12. The molecule has 4 unspecified atom stereocenters. The summed E-state index contributed by atoms with van der Waals surface area (Å²) in [5.41, 5.74) is -2.75. The van der Waals surface area contributed by atoms with Crippen molar-refractivity contribution in [2.24, 2.45) is 5.41 Å². The van der Waals surface area contributed by atoms with Gasteiger partial charge >= 0.3 is 5.97 Å². The Morgan fingerprint density at radius 1 is 0.711 bits per heavy atom. The van der Waals surface area contributed by atoms with Crippen molar-refractivity contribution in [2.45, 2.75) is 185 Å². The van der Waals surface area contributed by atoms with Crippen molar-refractivity contribution in [3.63, 3.8) is 0 Å². The predicted molar refractivity (Wildman–Crippen MR) is 162 cm³/mol. The van der Waals surface area contributed by atoms with Crippen molar-refractivity contribution < 1.29 is 64.7 Å². The summed E-state index contributed by atoms with van der Waals surface area (Å²) >= 11 is 0. The zero-order valence-corrected chi connectivity index (χ0v) is 27.2. The Morgan fingerprint density at radius 3 is 1.78 bits per heavy atom. The molecule has 2 aliphatic heterocycles. The normalized spacial score (nSPS) is 35.0. The number of aliphatic hydroxyl groups excluding tert-OH is 7. The van der Waals surface area contributed by atoms with Gasteiger partial charge in [-0.2, -0.15) is 0 Å². The molecule has 2 rings (SSSR count). The van der Waals surface area contributed by atoms with E-state index in [1.54, 1.807) is 0 Å². The minimum atomic E-state index is -2.75. The molecule has 45 heavy (non-hydrogen) atoms. The Morgan fingerprint density at radius 2 is 1.22 bits per heavy atom. The van der Waals surface area contributed by atoms with Gasteiger partial charge in [-0.05, 0) is 26.7 Å². The standard InChI is InChI=1S/C32H58O13/c1-5-7-9-11-13-15-20(33)17-22(35)32(31(41)42,21(34)16-14-12-10-8-6-2)29-28(26(39)24(37)18(3)43-29)45-30-27(40)25(38)23(36)19(4)44-30/h18-21,23-30,33-34,36-40H,5-17H2,1-4H3,(H,41,42)/t18-,19-,20?,21?,23-,24-,25+,26+,27+,28+,29+,30?,32?/m0/s1. The average molecular weight is 651 g/mol. The van der Waals surface area contributed by atoms with Gasteiger partial charge in [-0.3, -0.25) is 9.59 Å². The fourth-order valence-corrected chi connectivity index (χ4v) is 6.39. The van der Waals surface area contributed by atoms with Crippen LogP contribution >= 0.6 is 0 Å². The highest BCUT2D eigenvalue weighted by Gasteiger charge is 2.65. The van der Waals surface area contributed by atoms with E-state index in [-0.39, 0.29) is 12.8 Å². The summed E-state index contributed by atoms with van der Waals surface area (Å²) in [6, 6.07) is 0. The first kappa shape index (κ1) is 39.9. The highest BCUT2D eigenvalue weighted by Crippen LogP contribution is 2.43. The number of Topliss-reactive ketones (excluding diaryl/α,β-unsaturated/α-hetero) is 1. The van der Waals surface area contributed by atoms with Crippen LogP contribution in [0.25, 0.3) is 0 Å². The van der Waals surface area contributed by atoms with Crippen LogP contribution in [-0.4, -0.2) is 126 Å². The summed E-state index contributed by atoms with van der Waals surface area (Å²) in [4.78, 5) is 27.4. The van der Waals surface area contributed by atoms with E-state index in [2.05, 4.69) is 6.92 Å². The van der Waals surface area contributed by atoms with Crippen molar-refractivity contribution in [1.29, 1.82) is 0 Å². The molecule has 2 aliphatic rings. The van der Waals surface area contributed by atoms with Gasteiger partial charge in [0.15, 0.2) is 17.5 Å². The summed E-state index contributed by atoms with van der Waals surface area (Å²) in [5.74, 6) is -2.78. The fraction of sp³-hybridized carbons (Fsp3) is 0.938. The number of carbonyl (C=O) groups excluding carboxylic acids is 1. The zero-order chi connectivity index (χ0) is 33.9. The zero-order valence-electron chi connectivity index (χ0n) is 27.2. The quantitative estimate of drug-likeness (QED) is 0.0686. The number of carboxylic acids is 1. The van der Waals surface area contributed by atoms with Gasteiger partial charge in [0, 0.05) is 6.42 Å². The molecule has 0 radical (unpaired) electrons. The van der Waals surface area contributed by atoms with E-state index in [1.807, 2.05) is 6.92 Å². The molecule has 0 saturated carbocycles. The fourth-order valence-electron chi connectivity index (χ4n) is 6.39. The van der Waals surface area contributed by atoms with Crippen molar-refractivity contribution >= 4 is 11.8 Å². The van der Waals surface area contributed by atoms with Crippen LogP contribution in [0.3, 0.4) is 0 Å². The summed E-state index contributed by atoms with van der Waals surface area (Å²) in [7, 11) is 0. The number of rotatable bonds is 20. The van der Waals surface area contributed by atoms with Gasteiger partial charge < -0.3 is 55.1 Å². The Labute approximate surface area is 266 Å². The van der Waals surface area contributed by atoms with Gasteiger partial charge in [0.2, 0.25) is 0 Å². The summed E-state index contributed by atoms with van der Waals surface area (Å²) in [5, 5.41) is 86.1.